The van der Waals surface area contributed by atoms with Crippen LogP contribution in [0.15, 0.2) is 42.5 Å². The molecule has 0 aliphatic heterocycles. The fourth-order valence-corrected chi connectivity index (χ4v) is 1.88. The van der Waals surface area contributed by atoms with Crippen molar-refractivity contribution in [3.8, 4) is 5.75 Å². The van der Waals surface area contributed by atoms with Gasteiger partial charge in [0.15, 0.2) is 6.29 Å². The van der Waals surface area contributed by atoms with Gasteiger partial charge in [-0.15, -0.1) is 0 Å². The van der Waals surface area contributed by atoms with Crippen LogP contribution in [0.25, 0.3) is 0 Å². The van der Waals surface area contributed by atoms with Crippen LogP contribution in [0.1, 0.15) is 15.9 Å². The summed E-state index contributed by atoms with van der Waals surface area (Å²) in [5.41, 5.74) is 1.12. The first-order valence-electron chi connectivity index (χ1n) is 5.71. The highest BCUT2D eigenvalue weighted by Crippen LogP contribution is 2.28. The number of nitro benzene ring substituents is 1. The van der Waals surface area contributed by atoms with Gasteiger partial charge in [-0.1, -0.05) is 17.7 Å². The molecule has 0 spiro atoms. The second kappa shape index (κ2) is 6.16. The molecule has 0 heterocycles. The van der Waals surface area contributed by atoms with Gasteiger partial charge in [0, 0.05) is 12.1 Å². The number of benzene rings is 2. The molecule has 0 atom stereocenters. The molecule has 0 saturated heterocycles. The molecule has 0 unspecified atom stereocenters. The van der Waals surface area contributed by atoms with Crippen LogP contribution in [0.2, 0.25) is 5.02 Å². The molecule has 102 valence electrons. The van der Waals surface area contributed by atoms with Crippen LogP contribution < -0.4 is 4.74 Å². The predicted octanol–water partition coefficient (Wildman–Crippen LogP) is 3.64. The first-order chi connectivity index (χ1) is 9.61. The number of hydrogen-bond acceptors (Lipinski definition) is 4. The topological polar surface area (TPSA) is 69.4 Å². The number of carbonyl (C=O) groups excluding carboxylic acids is 1. The molecule has 0 aromatic heterocycles. The molecule has 6 heteroatoms. The van der Waals surface area contributed by atoms with E-state index in [0.717, 1.165) is 5.56 Å². The van der Waals surface area contributed by atoms with Gasteiger partial charge in [-0.3, -0.25) is 14.9 Å². The largest absolute Gasteiger partial charge is 0.487 e. The summed E-state index contributed by atoms with van der Waals surface area (Å²) in [4.78, 5) is 21.0. The third-order valence-electron chi connectivity index (χ3n) is 2.65. The van der Waals surface area contributed by atoms with E-state index in [0.29, 0.717) is 22.6 Å². The first kappa shape index (κ1) is 14.0. The fourth-order valence-electron chi connectivity index (χ4n) is 1.64. The third kappa shape index (κ3) is 3.13. The van der Waals surface area contributed by atoms with Crippen molar-refractivity contribution < 1.29 is 14.5 Å². The van der Waals surface area contributed by atoms with Crippen LogP contribution in [0.5, 0.6) is 5.75 Å². The Morgan fingerprint density at radius 3 is 2.50 bits per heavy atom. The number of aldehydes is 1. The summed E-state index contributed by atoms with van der Waals surface area (Å²) in [5.74, 6) is 0.308. The minimum atomic E-state index is -0.469. The van der Waals surface area contributed by atoms with Gasteiger partial charge in [-0.05, 0) is 29.8 Å². The smallest absolute Gasteiger partial charge is 0.269 e. The van der Waals surface area contributed by atoms with Crippen LogP contribution in [-0.4, -0.2) is 11.2 Å². The zero-order valence-electron chi connectivity index (χ0n) is 10.3. The molecule has 2 aromatic carbocycles. The van der Waals surface area contributed by atoms with E-state index < -0.39 is 4.92 Å². The van der Waals surface area contributed by atoms with E-state index in [1.807, 2.05) is 0 Å². The Labute approximate surface area is 119 Å². The summed E-state index contributed by atoms with van der Waals surface area (Å²) in [6, 6.07) is 10.9. The average molecular weight is 292 g/mol. The summed E-state index contributed by atoms with van der Waals surface area (Å²) >= 11 is 5.97. The van der Waals surface area contributed by atoms with E-state index in [2.05, 4.69) is 0 Å². The Bertz CT molecular complexity index is 640. The first-order valence-corrected chi connectivity index (χ1v) is 6.09. The van der Waals surface area contributed by atoms with Gasteiger partial charge in [0.05, 0.1) is 15.5 Å². The third-order valence-corrected chi connectivity index (χ3v) is 2.95. The molecule has 2 rings (SSSR count). The van der Waals surface area contributed by atoms with Crippen molar-refractivity contribution in [3.63, 3.8) is 0 Å². The zero-order chi connectivity index (χ0) is 14.5. The van der Waals surface area contributed by atoms with Crippen molar-refractivity contribution in [3.05, 3.63) is 68.7 Å². The number of halogens is 1. The molecule has 0 aliphatic rings. The number of rotatable bonds is 5. The van der Waals surface area contributed by atoms with Crippen molar-refractivity contribution >= 4 is 23.6 Å². The minimum Gasteiger partial charge on any atom is -0.487 e. The van der Waals surface area contributed by atoms with E-state index in [4.69, 9.17) is 16.3 Å². The standard InChI is InChI=1S/C14H10ClNO4/c15-13-3-1-2-11(8-17)14(13)20-9-10-4-6-12(7-5-10)16(18)19/h1-8H,9H2. The Kier molecular flexibility index (Phi) is 4.32. The Morgan fingerprint density at radius 1 is 1.20 bits per heavy atom. The monoisotopic (exact) mass is 291 g/mol. The lowest BCUT2D eigenvalue weighted by Crippen LogP contribution is -1.99. The quantitative estimate of drug-likeness (QED) is 0.479. The summed E-state index contributed by atoms with van der Waals surface area (Å²) in [5, 5.41) is 10.9. The van der Waals surface area contributed by atoms with Gasteiger partial charge >= 0.3 is 0 Å². The zero-order valence-corrected chi connectivity index (χ0v) is 11.0. The van der Waals surface area contributed by atoms with Gasteiger partial charge in [0.25, 0.3) is 5.69 Å². The highest BCUT2D eigenvalue weighted by molar-refractivity contribution is 6.32. The average Bonchev–Trinajstić information content (AvgIpc) is 2.46. The van der Waals surface area contributed by atoms with Gasteiger partial charge in [0.1, 0.15) is 12.4 Å². The minimum absolute atomic E-state index is 0.0140. The van der Waals surface area contributed by atoms with E-state index in [9.17, 15) is 14.9 Å². The second-order valence-electron chi connectivity index (χ2n) is 3.99. The molecule has 5 nitrogen and oxygen atoms in total. The molecule has 0 bridgehead atoms. The number of non-ortho nitro benzene ring substituents is 1. The second-order valence-corrected chi connectivity index (χ2v) is 4.40. The van der Waals surface area contributed by atoms with E-state index in [1.165, 1.54) is 12.1 Å². The molecule has 2 aromatic rings. The van der Waals surface area contributed by atoms with Crippen molar-refractivity contribution in [2.45, 2.75) is 6.61 Å². The summed E-state index contributed by atoms with van der Waals surface area (Å²) in [6.45, 7) is 0.169. The van der Waals surface area contributed by atoms with Crippen LogP contribution in [-0.2, 0) is 6.61 Å². The fraction of sp³-hybridized carbons (Fsp3) is 0.0714. The number of nitrogens with zero attached hydrogens (tertiary/aromatic N) is 1. The SMILES string of the molecule is O=Cc1cccc(Cl)c1OCc1ccc([N+](=O)[O-])cc1. The Balaban J connectivity index is 2.13. The normalized spacial score (nSPS) is 10.1. The van der Waals surface area contributed by atoms with Crippen LogP contribution >= 0.6 is 11.6 Å². The van der Waals surface area contributed by atoms with Crippen LogP contribution in [0.3, 0.4) is 0 Å². The highest BCUT2D eigenvalue weighted by atomic mass is 35.5. The molecule has 0 amide bonds. The van der Waals surface area contributed by atoms with Gasteiger partial charge < -0.3 is 4.74 Å². The highest BCUT2D eigenvalue weighted by Gasteiger charge is 2.09. The summed E-state index contributed by atoms with van der Waals surface area (Å²) in [7, 11) is 0. The van der Waals surface area contributed by atoms with E-state index >= 15 is 0 Å². The molecule has 0 saturated carbocycles. The lowest BCUT2D eigenvalue weighted by atomic mass is 10.2. The van der Waals surface area contributed by atoms with Crippen LogP contribution in [0, 0.1) is 10.1 Å². The summed E-state index contributed by atoms with van der Waals surface area (Å²) in [6.07, 6.45) is 0.664. The number of ether oxygens (including phenoxy) is 1. The molecule has 0 fully saturated rings. The predicted molar refractivity (Wildman–Crippen MR) is 74.3 cm³/mol. The van der Waals surface area contributed by atoms with Gasteiger partial charge in [-0.2, -0.15) is 0 Å². The number of nitro groups is 1. The molecular weight excluding hydrogens is 282 g/mol. The molecular formula is C14H10ClNO4. The van der Waals surface area contributed by atoms with E-state index in [1.54, 1.807) is 30.3 Å². The van der Waals surface area contributed by atoms with E-state index in [-0.39, 0.29) is 12.3 Å². The molecule has 0 radical (unpaired) electrons. The molecule has 20 heavy (non-hydrogen) atoms. The molecule has 0 N–H and O–H groups in total. The lowest BCUT2D eigenvalue weighted by Gasteiger charge is -2.10. The maximum atomic E-state index is 10.9. The van der Waals surface area contributed by atoms with Gasteiger partial charge in [0.2, 0.25) is 0 Å². The lowest BCUT2D eigenvalue weighted by molar-refractivity contribution is -0.384. The van der Waals surface area contributed by atoms with Crippen molar-refractivity contribution in [1.29, 1.82) is 0 Å². The van der Waals surface area contributed by atoms with Crippen molar-refractivity contribution in [2.75, 3.05) is 0 Å². The number of para-hydroxylation sites is 1. The van der Waals surface area contributed by atoms with Crippen LogP contribution in [0.4, 0.5) is 5.69 Å². The van der Waals surface area contributed by atoms with Gasteiger partial charge in [-0.25, -0.2) is 0 Å². The molecule has 0 aliphatic carbocycles. The van der Waals surface area contributed by atoms with Crippen molar-refractivity contribution in [2.24, 2.45) is 0 Å². The maximum Gasteiger partial charge on any atom is 0.269 e. The number of hydrogen-bond donors (Lipinski definition) is 0. The maximum absolute atomic E-state index is 10.9. The number of carbonyl (C=O) groups is 1. The van der Waals surface area contributed by atoms with Crippen molar-refractivity contribution in [1.82, 2.24) is 0 Å². The summed E-state index contributed by atoms with van der Waals surface area (Å²) < 4.78 is 5.51. The Morgan fingerprint density at radius 2 is 1.90 bits per heavy atom. The Hall–Kier alpha value is -2.40.